The molecule has 112 valence electrons. The van der Waals surface area contributed by atoms with E-state index in [4.69, 9.17) is 9.47 Å². The van der Waals surface area contributed by atoms with Gasteiger partial charge in [-0.2, -0.15) is 0 Å². The SMILES string of the molecule is CCOc1ccc(-n2nnc(CO)c2C2CCCO2)cc1. The first kappa shape index (κ1) is 14.0. The van der Waals surface area contributed by atoms with Crippen molar-refractivity contribution in [3.05, 3.63) is 35.7 Å². The molecule has 1 aromatic heterocycles. The van der Waals surface area contributed by atoms with Crippen LogP contribution < -0.4 is 4.74 Å². The number of nitrogens with zero attached hydrogens (tertiary/aromatic N) is 3. The monoisotopic (exact) mass is 289 g/mol. The summed E-state index contributed by atoms with van der Waals surface area (Å²) in [5.74, 6) is 0.822. The molecule has 1 aromatic carbocycles. The molecular formula is C15H19N3O3. The lowest BCUT2D eigenvalue weighted by molar-refractivity contribution is 0.104. The minimum absolute atomic E-state index is 0.0475. The highest BCUT2D eigenvalue weighted by Gasteiger charge is 2.26. The number of rotatable bonds is 5. The highest BCUT2D eigenvalue weighted by molar-refractivity contribution is 5.39. The molecule has 1 N–H and O–H groups in total. The fourth-order valence-electron chi connectivity index (χ4n) is 2.59. The van der Waals surface area contributed by atoms with Gasteiger partial charge in [0.05, 0.1) is 24.6 Å². The van der Waals surface area contributed by atoms with Crippen LogP contribution in [-0.2, 0) is 11.3 Å². The van der Waals surface area contributed by atoms with Gasteiger partial charge in [0.25, 0.3) is 0 Å². The third-order valence-corrected chi connectivity index (χ3v) is 3.56. The van der Waals surface area contributed by atoms with E-state index in [1.807, 2.05) is 31.2 Å². The van der Waals surface area contributed by atoms with Gasteiger partial charge in [-0.3, -0.25) is 0 Å². The first-order valence-electron chi connectivity index (χ1n) is 7.23. The van der Waals surface area contributed by atoms with Crippen LogP contribution in [0.4, 0.5) is 0 Å². The van der Waals surface area contributed by atoms with Crippen molar-refractivity contribution in [3.63, 3.8) is 0 Å². The Morgan fingerprint density at radius 3 is 2.81 bits per heavy atom. The molecule has 21 heavy (non-hydrogen) atoms. The summed E-state index contributed by atoms with van der Waals surface area (Å²) in [4.78, 5) is 0. The Kier molecular flexibility index (Phi) is 4.17. The van der Waals surface area contributed by atoms with Crippen LogP contribution >= 0.6 is 0 Å². The zero-order chi connectivity index (χ0) is 14.7. The Morgan fingerprint density at radius 2 is 2.19 bits per heavy atom. The molecule has 1 atom stereocenters. The number of aliphatic hydroxyl groups excluding tert-OH is 1. The number of hydrogen-bond acceptors (Lipinski definition) is 5. The van der Waals surface area contributed by atoms with Crippen LogP contribution in [-0.4, -0.2) is 33.3 Å². The molecule has 1 aliphatic rings. The molecule has 0 radical (unpaired) electrons. The van der Waals surface area contributed by atoms with Gasteiger partial charge in [-0.05, 0) is 44.0 Å². The fraction of sp³-hybridized carbons (Fsp3) is 0.467. The van der Waals surface area contributed by atoms with Crippen LogP contribution in [0.25, 0.3) is 5.69 Å². The smallest absolute Gasteiger partial charge is 0.119 e. The van der Waals surface area contributed by atoms with E-state index < -0.39 is 0 Å². The summed E-state index contributed by atoms with van der Waals surface area (Å²) < 4.78 is 12.9. The maximum Gasteiger partial charge on any atom is 0.119 e. The lowest BCUT2D eigenvalue weighted by Crippen LogP contribution is -2.09. The molecule has 0 aliphatic carbocycles. The molecule has 0 spiro atoms. The van der Waals surface area contributed by atoms with Crippen molar-refractivity contribution in [3.8, 4) is 11.4 Å². The number of benzene rings is 1. The van der Waals surface area contributed by atoms with E-state index >= 15 is 0 Å². The van der Waals surface area contributed by atoms with E-state index in [2.05, 4.69) is 10.3 Å². The molecule has 0 saturated carbocycles. The number of hydrogen-bond donors (Lipinski definition) is 1. The number of aliphatic hydroxyl groups is 1. The average molecular weight is 289 g/mol. The summed E-state index contributed by atoms with van der Waals surface area (Å²) >= 11 is 0. The number of aromatic nitrogens is 3. The second-order valence-electron chi connectivity index (χ2n) is 4.92. The summed E-state index contributed by atoms with van der Waals surface area (Å²) in [5, 5.41) is 17.7. The van der Waals surface area contributed by atoms with Crippen molar-refractivity contribution >= 4 is 0 Å². The first-order valence-corrected chi connectivity index (χ1v) is 7.23. The van der Waals surface area contributed by atoms with Crippen molar-refractivity contribution in [1.82, 2.24) is 15.0 Å². The van der Waals surface area contributed by atoms with Crippen molar-refractivity contribution in [2.24, 2.45) is 0 Å². The average Bonchev–Trinajstić information content (AvgIpc) is 3.17. The van der Waals surface area contributed by atoms with Crippen LogP contribution in [0.15, 0.2) is 24.3 Å². The molecular weight excluding hydrogens is 270 g/mol. The zero-order valence-corrected chi connectivity index (χ0v) is 12.0. The molecule has 1 saturated heterocycles. The normalized spacial score (nSPS) is 18.1. The van der Waals surface area contributed by atoms with E-state index in [-0.39, 0.29) is 12.7 Å². The van der Waals surface area contributed by atoms with Gasteiger partial charge in [-0.1, -0.05) is 5.21 Å². The van der Waals surface area contributed by atoms with Gasteiger partial charge in [0, 0.05) is 6.61 Å². The lowest BCUT2D eigenvalue weighted by Gasteiger charge is -2.13. The zero-order valence-electron chi connectivity index (χ0n) is 12.0. The topological polar surface area (TPSA) is 69.4 Å². The van der Waals surface area contributed by atoms with Gasteiger partial charge in [-0.25, -0.2) is 4.68 Å². The van der Waals surface area contributed by atoms with Crippen LogP contribution in [0.2, 0.25) is 0 Å². The summed E-state index contributed by atoms with van der Waals surface area (Å²) in [6.45, 7) is 3.20. The lowest BCUT2D eigenvalue weighted by atomic mass is 10.1. The maximum atomic E-state index is 9.46. The highest BCUT2D eigenvalue weighted by Crippen LogP contribution is 2.31. The molecule has 3 rings (SSSR count). The minimum atomic E-state index is -0.133. The molecule has 1 unspecified atom stereocenters. The van der Waals surface area contributed by atoms with Gasteiger partial charge >= 0.3 is 0 Å². The van der Waals surface area contributed by atoms with Crippen molar-refractivity contribution in [2.45, 2.75) is 32.5 Å². The Hall–Kier alpha value is -1.92. The Labute approximate surface area is 123 Å². The second kappa shape index (κ2) is 6.24. The molecule has 1 fully saturated rings. The molecule has 6 nitrogen and oxygen atoms in total. The van der Waals surface area contributed by atoms with Crippen molar-refractivity contribution in [2.75, 3.05) is 13.2 Å². The molecule has 0 bridgehead atoms. The van der Waals surface area contributed by atoms with E-state index in [0.717, 1.165) is 36.6 Å². The third-order valence-electron chi connectivity index (χ3n) is 3.56. The quantitative estimate of drug-likeness (QED) is 0.912. The van der Waals surface area contributed by atoms with E-state index in [9.17, 15) is 5.11 Å². The van der Waals surface area contributed by atoms with E-state index in [1.54, 1.807) is 4.68 Å². The first-order chi connectivity index (χ1) is 10.3. The van der Waals surface area contributed by atoms with Crippen LogP contribution in [0.5, 0.6) is 5.75 Å². The predicted molar refractivity (Wildman–Crippen MR) is 76.4 cm³/mol. The molecule has 2 heterocycles. The number of ether oxygens (including phenoxy) is 2. The molecule has 0 amide bonds. The molecule has 2 aromatic rings. The molecule has 6 heteroatoms. The van der Waals surface area contributed by atoms with E-state index in [0.29, 0.717) is 12.3 Å². The van der Waals surface area contributed by atoms with Crippen LogP contribution in [0.1, 0.15) is 37.3 Å². The summed E-state index contributed by atoms with van der Waals surface area (Å²) in [7, 11) is 0. The Balaban J connectivity index is 1.95. The van der Waals surface area contributed by atoms with Crippen molar-refractivity contribution < 1.29 is 14.6 Å². The summed E-state index contributed by atoms with van der Waals surface area (Å²) in [6.07, 6.45) is 1.90. The predicted octanol–water partition coefficient (Wildman–Crippen LogP) is 2.01. The molecule has 1 aliphatic heterocycles. The summed E-state index contributed by atoms with van der Waals surface area (Å²) in [5.41, 5.74) is 2.31. The largest absolute Gasteiger partial charge is 0.494 e. The van der Waals surface area contributed by atoms with E-state index in [1.165, 1.54) is 0 Å². The second-order valence-corrected chi connectivity index (χ2v) is 4.92. The van der Waals surface area contributed by atoms with Crippen LogP contribution in [0.3, 0.4) is 0 Å². The standard InChI is InChI=1S/C15H19N3O3/c1-2-20-12-7-5-11(6-8-12)18-15(13(10-19)16-17-18)14-4-3-9-21-14/h5-8,14,19H,2-4,9-10H2,1H3. The van der Waals surface area contributed by atoms with Crippen LogP contribution in [0, 0.1) is 0 Å². The fourth-order valence-corrected chi connectivity index (χ4v) is 2.59. The highest BCUT2D eigenvalue weighted by atomic mass is 16.5. The minimum Gasteiger partial charge on any atom is -0.494 e. The van der Waals surface area contributed by atoms with Gasteiger partial charge in [0.15, 0.2) is 0 Å². The third kappa shape index (κ3) is 2.77. The van der Waals surface area contributed by atoms with Gasteiger partial charge < -0.3 is 14.6 Å². The van der Waals surface area contributed by atoms with Gasteiger partial charge in [0.2, 0.25) is 0 Å². The van der Waals surface area contributed by atoms with Gasteiger partial charge in [-0.15, -0.1) is 5.10 Å². The van der Waals surface area contributed by atoms with Gasteiger partial charge in [0.1, 0.15) is 17.5 Å². The summed E-state index contributed by atoms with van der Waals surface area (Å²) in [6, 6.07) is 7.66. The Bertz CT molecular complexity index is 589. The van der Waals surface area contributed by atoms with Crippen molar-refractivity contribution in [1.29, 1.82) is 0 Å². The maximum absolute atomic E-state index is 9.46. The Morgan fingerprint density at radius 1 is 1.38 bits per heavy atom.